The quantitative estimate of drug-likeness (QED) is 0.0244. The van der Waals surface area contributed by atoms with Gasteiger partial charge in [0, 0.05) is 125 Å². The largest absolute Gasteiger partial charge is 0.394 e. The molecule has 0 aromatic heterocycles. The van der Waals surface area contributed by atoms with Crippen LogP contribution in [0.25, 0.3) is 0 Å². The van der Waals surface area contributed by atoms with Crippen molar-refractivity contribution in [2.45, 2.75) is 301 Å². The summed E-state index contributed by atoms with van der Waals surface area (Å²) in [5.74, 6) is -3.52. The predicted octanol–water partition coefficient (Wildman–Crippen LogP) is -1.46. The van der Waals surface area contributed by atoms with Crippen molar-refractivity contribution >= 4 is 59.1 Å². The molecule has 10 amide bonds. The van der Waals surface area contributed by atoms with Crippen LogP contribution in [0.5, 0.6) is 0 Å². The molecule has 1 heterocycles. The standard InChI is InChI=1S/C78H146N10O28/c1-54(94)61(48-91)114-74(59(46-89)85-56(3)96)111-40-20-16-26-64(99)79-34-23-37-82-67(102)30-43-108-51-78(88-70(105)29-15-13-11-9-10-12-14-19-33-77(6,7)8,52-109-44-31-68(103)83-38-24-35-80-65(100)27-17-21-41-112-75(60(47-90)86-57(4)97)115-62(49-92)55(2)95)53-110-45-32-69(104)84-39-25-36-81-66(101)28-18-22-42-113-76-71(87-58(5)98)73(107)72(106)63(50-93)116-76/h54-55,59-63,71-76,89-95,106-107H,9-53H2,1-8H3,(H,79,99)(H,80,100)(H,81,101)(H,82,102)(H,83,103)(H,84,104)(H,85,96)(H,86,97)(H,87,98)(H,88,105)/t54-,55-,59-,60-,61?,62?,63?,71?,72?,73?,74?,75?,76?,78?/m0/s1. The fraction of sp³-hybridized carbons (Fsp3) is 0.872. The van der Waals surface area contributed by atoms with E-state index < -0.39 is 136 Å². The fourth-order valence-electron chi connectivity index (χ4n) is 11.8. The zero-order chi connectivity index (χ0) is 86.5. The molecule has 0 bridgehead atoms. The third-order valence-corrected chi connectivity index (χ3v) is 18.4. The first-order chi connectivity index (χ1) is 55.3. The molecule has 0 aromatic carbocycles. The molecule has 676 valence electrons. The third-order valence-electron chi connectivity index (χ3n) is 18.4. The number of aliphatic hydroxyl groups is 9. The molecule has 0 saturated carbocycles. The minimum absolute atomic E-state index is 0.0680. The Morgan fingerprint density at radius 2 is 0.750 bits per heavy atom. The number of ether oxygens (including phenoxy) is 9. The van der Waals surface area contributed by atoms with E-state index in [-0.39, 0.29) is 185 Å². The maximum absolute atomic E-state index is 14.0. The molecule has 1 rings (SSSR count). The fourth-order valence-corrected chi connectivity index (χ4v) is 11.8. The summed E-state index contributed by atoms with van der Waals surface area (Å²) in [7, 11) is 0. The van der Waals surface area contributed by atoms with Gasteiger partial charge in [-0.25, -0.2) is 0 Å². The number of hydrogen-bond acceptors (Lipinski definition) is 28. The molecule has 0 aliphatic carbocycles. The number of carbonyl (C=O) groups is 10. The minimum Gasteiger partial charge on any atom is -0.394 e. The molecule has 116 heavy (non-hydrogen) atoms. The molecular formula is C78H146N10O28. The highest BCUT2D eigenvalue weighted by molar-refractivity contribution is 5.79. The predicted molar refractivity (Wildman–Crippen MR) is 424 cm³/mol. The van der Waals surface area contributed by atoms with Crippen LogP contribution in [0, 0.1) is 5.41 Å². The normalized spacial score (nSPS) is 18.2. The summed E-state index contributed by atoms with van der Waals surface area (Å²) in [5, 5.41) is 117. The van der Waals surface area contributed by atoms with Gasteiger partial charge >= 0.3 is 0 Å². The van der Waals surface area contributed by atoms with Crippen molar-refractivity contribution in [2.24, 2.45) is 5.41 Å². The Balaban J connectivity index is 3.04. The van der Waals surface area contributed by atoms with E-state index in [1.807, 2.05) is 0 Å². The Hall–Kier alpha value is -6.02. The molecule has 0 aromatic rings. The molecule has 9 unspecified atom stereocenters. The van der Waals surface area contributed by atoms with Gasteiger partial charge < -0.3 is 142 Å². The van der Waals surface area contributed by atoms with E-state index in [1.165, 1.54) is 53.9 Å². The zero-order valence-electron chi connectivity index (χ0n) is 70.1. The van der Waals surface area contributed by atoms with Gasteiger partial charge in [-0.05, 0) is 89.9 Å². The van der Waals surface area contributed by atoms with E-state index in [9.17, 15) is 93.9 Å². The lowest BCUT2D eigenvalue weighted by Crippen LogP contribution is -2.64. The van der Waals surface area contributed by atoms with Crippen molar-refractivity contribution in [3.8, 4) is 0 Å². The van der Waals surface area contributed by atoms with E-state index >= 15 is 0 Å². The SMILES string of the molecule is CC(=O)NC1C(OCCCCC(=O)NCCCNC(=O)CCOCC(COCCC(=O)NCCCNC(=O)CCCCOC(OC(CO)[C@H](C)O)[C@H](CO)NC(C)=O)(COCCC(=O)NCCCNC(=O)CCCCOC(OC(CO)[C@H](C)O)[C@H](CO)NC(C)=O)NC(=O)CCCCCCCCCCC(C)(C)C)OC(CO)C(O)C1O. The average Bonchev–Trinajstić information content (AvgIpc) is 0.805. The van der Waals surface area contributed by atoms with Crippen LogP contribution in [0.2, 0.25) is 0 Å². The molecule has 0 spiro atoms. The second kappa shape index (κ2) is 65.8. The van der Waals surface area contributed by atoms with E-state index in [4.69, 9.17) is 42.6 Å². The highest BCUT2D eigenvalue weighted by atomic mass is 16.7. The first-order valence-electron chi connectivity index (χ1n) is 41.4. The molecule has 1 saturated heterocycles. The first-order valence-corrected chi connectivity index (χ1v) is 41.4. The topological polar surface area (TPSA) is 556 Å². The Bertz CT molecular complexity index is 2590. The average molecular weight is 1670 g/mol. The third kappa shape index (κ3) is 54.2. The number of nitrogens with one attached hydrogen (secondary N) is 10. The summed E-state index contributed by atoms with van der Waals surface area (Å²) in [6.07, 6.45) is 1.27. The van der Waals surface area contributed by atoms with Gasteiger partial charge in [-0.15, -0.1) is 0 Å². The van der Waals surface area contributed by atoms with Crippen molar-refractivity contribution in [3.05, 3.63) is 0 Å². The van der Waals surface area contributed by atoms with Crippen LogP contribution < -0.4 is 53.2 Å². The summed E-state index contributed by atoms with van der Waals surface area (Å²) in [4.78, 5) is 126. The monoisotopic (exact) mass is 1670 g/mol. The summed E-state index contributed by atoms with van der Waals surface area (Å²) in [6, 6.07) is -3.06. The highest BCUT2D eigenvalue weighted by Crippen LogP contribution is 2.25. The van der Waals surface area contributed by atoms with Gasteiger partial charge in [0.25, 0.3) is 0 Å². The van der Waals surface area contributed by atoms with Gasteiger partial charge in [0.15, 0.2) is 18.9 Å². The molecule has 1 fully saturated rings. The minimum atomic E-state index is -1.46. The van der Waals surface area contributed by atoms with Gasteiger partial charge in [0.2, 0.25) is 59.1 Å². The Morgan fingerprint density at radius 3 is 1.09 bits per heavy atom. The lowest BCUT2D eigenvalue weighted by molar-refractivity contribution is -0.270. The molecule has 13 atom stereocenters. The summed E-state index contributed by atoms with van der Waals surface area (Å²) < 4.78 is 52.5. The Kier molecular flexibility index (Phi) is 61.2. The molecule has 38 heteroatoms. The lowest BCUT2D eigenvalue weighted by Gasteiger charge is -2.42. The summed E-state index contributed by atoms with van der Waals surface area (Å²) >= 11 is 0. The van der Waals surface area contributed by atoms with Gasteiger partial charge in [0.1, 0.15) is 54.2 Å². The number of aliphatic hydroxyl groups excluding tert-OH is 9. The van der Waals surface area contributed by atoms with Crippen LogP contribution in [-0.2, 0) is 90.6 Å². The van der Waals surface area contributed by atoms with Crippen molar-refractivity contribution in [1.29, 1.82) is 0 Å². The van der Waals surface area contributed by atoms with Gasteiger partial charge in [-0.3, -0.25) is 47.9 Å². The highest BCUT2D eigenvalue weighted by Gasteiger charge is 2.45. The van der Waals surface area contributed by atoms with Crippen LogP contribution in [0.1, 0.15) is 216 Å². The van der Waals surface area contributed by atoms with E-state index in [2.05, 4.69) is 73.9 Å². The van der Waals surface area contributed by atoms with Crippen LogP contribution in [0.4, 0.5) is 0 Å². The number of unbranched alkanes of at least 4 members (excludes halogenated alkanes) is 10. The summed E-state index contributed by atoms with van der Waals surface area (Å²) in [6.45, 7) is 11.2. The maximum atomic E-state index is 14.0. The van der Waals surface area contributed by atoms with Crippen LogP contribution in [-0.4, -0.2) is 322 Å². The van der Waals surface area contributed by atoms with Crippen LogP contribution in [0.15, 0.2) is 0 Å². The molecule has 0 radical (unpaired) electrons. The van der Waals surface area contributed by atoms with Crippen LogP contribution >= 0.6 is 0 Å². The van der Waals surface area contributed by atoms with E-state index in [0.717, 1.165) is 32.1 Å². The van der Waals surface area contributed by atoms with Gasteiger partial charge in [-0.1, -0.05) is 65.7 Å². The molecule has 19 N–H and O–H groups in total. The Morgan fingerprint density at radius 1 is 0.405 bits per heavy atom. The summed E-state index contributed by atoms with van der Waals surface area (Å²) in [5.41, 5.74) is -1.09. The molecule has 1 aliphatic heterocycles. The van der Waals surface area contributed by atoms with Crippen molar-refractivity contribution in [3.63, 3.8) is 0 Å². The molecular weight excluding hydrogens is 1520 g/mol. The number of hydrogen-bond donors (Lipinski definition) is 19. The van der Waals surface area contributed by atoms with Crippen molar-refractivity contribution in [2.75, 3.05) is 132 Å². The number of amides is 10. The maximum Gasteiger partial charge on any atom is 0.222 e. The smallest absolute Gasteiger partial charge is 0.222 e. The zero-order valence-corrected chi connectivity index (χ0v) is 70.1. The lowest BCUT2D eigenvalue weighted by atomic mass is 9.89. The van der Waals surface area contributed by atoms with E-state index in [1.54, 1.807) is 0 Å². The first kappa shape index (κ1) is 108. The molecule has 1 aliphatic rings. The van der Waals surface area contributed by atoms with Gasteiger partial charge in [0.05, 0.1) is 84.9 Å². The van der Waals surface area contributed by atoms with Crippen LogP contribution in [0.3, 0.4) is 0 Å². The number of rotatable bonds is 72. The van der Waals surface area contributed by atoms with Crippen molar-refractivity contribution in [1.82, 2.24) is 53.2 Å². The van der Waals surface area contributed by atoms with E-state index in [0.29, 0.717) is 69.6 Å². The molecule has 38 nitrogen and oxygen atoms in total. The second-order valence-electron chi connectivity index (χ2n) is 30.6. The Labute approximate surface area is 684 Å². The van der Waals surface area contributed by atoms with Crippen molar-refractivity contribution < 1.29 is 137 Å². The second-order valence-corrected chi connectivity index (χ2v) is 30.6. The van der Waals surface area contributed by atoms with Gasteiger partial charge in [-0.2, -0.15) is 0 Å². The number of carbonyl (C=O) groups excluding carboxylic acids is 10.